The quantitative estimate of drug-likeness (QED) is 0.821. The second-order valence-corrected chi connectivity index (χ2v) is 8.22. The first-order chi connectivity index (χ1) is 12.8. The lowest BCUT2D eigenvalue weighted by atomic mass is 10.1. The lowest BCUT2D eigenvalue weighted by Crippen LogP contribution is -2.41. The molecule has 0 radical (unpaired) electrons. The summed E-state index contributed by atoms with van der Waals surface area (Å²) in [4.78, 5) is 25.9. The van der Waals surface area contributed by atoms with Crippen molar-refractivity contribution >= 4 is 27.6 Å². The van der Waals surface area contributed by atoms with Crippen molar-refractivity contribution in [1.29, 1.82) is 0 Å². The summed E-state index contributed by atoms with van der Waals surface area (Å²) in [5.41, 5.74) is 1.74. The maximum absolute atomic E-state index is 12.2. The molecule has 0 aliphatic carbocycles. The van der Waals surface area contributed by atoms with E-state index in [0.29, 0.717) is 13.0 Å². The Hall–Kier alpha value is -2.87. The highest BCUT2D eigenvalue weighted by atomic mass is 32.2. The van der Waals surface area contributed by atoms with E-state index in [9.17, 15) is 18.0 Å². The molecule has 3 amide bonds. The molecule has 1 fully saturated rings. The fourth-order valence-electron chi connectivity index (χ4n) is 2.95. The number of carbonyl (C=O) groups is 2. The van der Waals surface area contributed by atoms with Gasteiger partial charge in [0.25, 0.3) is 10.0 Å². The van der Waals surface area contributed by atoms with Crippen LogP contribution in [0.3, 0.4) is 0 Å². The number of nitrogens with zero attached hydrogens (tertiary/aromatic N) is 1. The Kier molecular flexibility index (Phi) is 5.46. The van der Waals surface area contributed by atoms with Gasteiger partial charge in [-0.3, -0.25) is 4.79 Å². The fraction of sp³-hybridized carbons (Fsp3) is 0.263. The van der Waals surface area contributed by atoms with Crippen LogP contribution in [0.4, 0.5) is 10.5 Å². The van der Waals surface area contributed by atoms with Gasteiger partial charge in [0.05, 0.1) is 4.90 Å². The van der Waals surface area contributed by atoms with Crippen LogP contribution in [0.5, 0.6) is 0 Å². The molecular weight excluding hydrogens is 366 g/mol. The predicted octanol–water partition coefficient (Wildman–Crippen LogP) is 2.04. The molecule has 0 saturated carbocycles. The fourth-order valence-corrected chi connectivity index (χ4v) is 3.88. The van der Waals surface area contributed by atoms with Crippen LogP contribution in [0, 0.1) is 12.8 Å². The summed E-state index contributed by atoms with van der Waals surface area (Å²) in [5, 5.41) is 2.55. The number of rotatable bonds is 5. The van der Waals surface area contributed by atoms with Gasteiger partial charge in [0.1, 0.15) is 0 Å². The third-order valence-corrected chi connectivity index (χ3v) is 5.73. The van der Waals surface area contributed by atoms with E-state index in [-0.39, 0.29) is 23.3 Å². The van der Waals surface area contributed by atoms with E-state index in [1.54, 1.807) is 17.0 Å². The van der Waals surface area contributed by atoms with E-state index in [2.05, 4.69) is 5.32 Å². The van der Waals surface area contributed by atoms with Crippen LogP contribution in [0.1, 0.15) is 12.0 Å². The Morgan fingerprint density at radius 2 is 1.78 bits per heavy atom. The first kappa shape index (κ1) is 18.9. The van der Waals surface area contributed by atoms with Crippen LogP contribution < -0.4 is 14.9 Å². The van der Waals surface area contributed by atoms with Crippen LogP contribution in [-0.4, -0.2) is 33.4 Å². The normalized spacial score (nSPS) is 17.0. The molecule has 0 spiro atoms. The zero-order valence-corrected chi connectivity index (χ0v) is 15.7. The summed E-state index contributed by atoms with van der Waals surface area (Å²) in [6, 6.07) is 14.7. The van der Waals surface area contributed by atoms with Crippen molar-refractivity contribution in [3.8, 4) is 0 Å². The first-order valence-electron chi connectivity index (χ1n) is 8.58. The van der Waals surface area contributed by atoms with E-state index >= 15 is 0 Å². The average molecular weight is 387 g/mol. The highest BCUT2D eigenvalue weighted by Gasteiger charge is 2.30. The topological polar surface area (TPSA) is 95.6 Å². The standard InChI is InChI=1S/C19H21N3O4S/c1-14-7-9-17(10-8-14)27(25,26)21-19(24)20-12-15-11-18(23)22(13-15)16-5-3-2-4-6-16/h2-10,15H,11-13H2,1H3,(H2,20,21,24). The van der Waals surface area contributed by atoms with Gasteiger partial charge in [-0.25, -0.2) is 17.9 Å². The van der Waals surface area contributed by atoms with E-state index in [1.165, 1.54) is 12.1 Å². The molecule has 8 heteroatoms. The largest absolute Gasteiger partial charge is 0.337 e. The molecule has 2 N–H and O–H groups in total. The van der Waals surface area contributed by atoms with Crippen molar-refractivity contribution in [2.75, 3.05) is 18.0 Å². The first-order valence-corrected chi connectivity index (χ1v) is 10.1. The minimum absolute atomic E-state index is 0.0133. The van der Waals surface area contributed by atoms with Crippen LogP contribution in [-0.2, 0) is 14.8 Å². The number of para-hydroxylation sites is 1. The maximum Gasteiger partial charge on any atom is 0.328 e. The number of urea groups is 1. The Bertz CT molecular complexity index is 927. The number of carbonyl (C=O) groups excluding carboxylic acids is 2. The van der Waals surface area contributed by atoms with Crippen molar-refractivity contribution in [3.63, 3.8) is 0 Å². The second kappa shape index (κ2) is 7.79. The molecule has 1 aliphatic rings. The molecule has 1 heterocycles. The summed E-state index contributed by atoms with van der Waals surface area (Å²) in [7, 11) is -3.93. The molecule has 27 heavy (non-hydrogen) atoms. The molecule has 142 valence electrons. The van der Waals surface area contributed by atoms with Gasteiger partial charge in [-0.1, -0.05) is 35.9 Å². The minimum Gasteiger partial charge on any atom is -0.337 e. The van der Waals surface area contributed by atoms with E-state index in [0.717, 1.165) is 11.3 Å². The van der Waals surface area contributed by atoms with Gasteiger partial charge in [0.15, 0.2) is 0 Å². The number of amides is 3. The van der Waals surface area contributed by atoms with Crippen molar-refractivity contribution < 1.29 is 18.0 Å². The Balaban J connectivity index is 1.54. The number of hydrogen-bond acceptors (Lipinski definition) is 4. The molecule has 1 unspecified atom stereocenters. The summed E-state index contributed by atoms with van der Waals surface area (Å²) < 4.78 is 26.4. The van der Waals surface area contributed by atoms with Crippen LogP contribution >= 0.6 is 0 Å². The summed E-state index contributed by atoms with van der Waals surface area (Å²) in [5.74, 6) is -0.0915. The van der Waals surface area contributed by atoms with E-state index < -0.39 is 16.1 Å². The van der Waals surface area contributed by atoms with Crippen molar-refractivity contribution in [1.82, 2.24) is 10.0 Å². The van der Waals surface area contributed by atoms with Crippen molar-refractivity contribution in [2.45, 2.75) is 18.2 Å². The zero-order chi connectivity index (χ0) is 19.4. The SMILES string of the molecule is Cc1ccc(S(=O)(=O)NC(=O)NCC2CC(=O)N(c3ccccc3)C2)cc1. The number of aryl methyl sites for hydroxylation is 1. The number of sulfonamides is 1. The van der Waals surface area contributed by atoms with Gasteiger partial charge >= 0.3 is 6.03 Å². The Labute approximate surface area is 158 Å². The van der Waals surface area contributed by atoms with Crippen molar-refractivity contribution in [3.05, 3.63) is 60.2 Å². The number of hydrogen-bond donors (Lipinski definition) is 2. The highest BCUT2D eigenvalue weighted by Crippen LogP contribution is 2.24. The monoisotopic (exact) mass is 387 g/mol. The van der Waals surface area contributed by atoms with Gasteiger partial charge in [-0.2, -0.15) is 0 Å². The average Bonchev–Trinajstić information content (AvgIpc) is 3.01. The third-order valence-electron chi connectivity index (χ3n) is 4.38. The van der Waals surface area contributed by atoms with Gasteiger partial charge < -0.3 is 10.2 Å². The number of nitrogens with one attached hydrogen (secondary N) is 2. The maximum atomic E-state index is 12.2. The lowest BCUT2D eigenvalue weighted by molar-refractivity contribution is -0.117. The lowest BCUT2D eigenvalue weighted by Gasteiger charge is -2.17. The van der Waals surface area contributed by atoms with E-state index in [4.69, 9.17) is 0 Å². The molecular formula is C19H21N3O4S. The number of anilines is 1. The molecule has 3 rings (SSSR count). The smallest absolute Gasteiger partial charge is 0.328 e. The molecule has 0 bridgehead atoms. The van der Waals surface area contributed by atoms with Gasteiger partial charge in [0.2, 0.25) is 5.91 Å². The Morgan fingerprint density at radius 3 is 2.44 bits per heavy atom. The molecule has 1 saturated heterocycles. The minimum atomic E-state index is -3.93. The Morgan fingerprint density at radius 1 is 1.11 bits per heavy atom. The van der Waals surface area contributed by atoms with Crippen molar-refractivity contribution in [2.24, 2.45) is 5.92 Å². The van der Waals surface area contributed by atoms with E-state index in [1.807, 2.05) is 42.0 Å². The summed E-state index contributed by atoms with van der Waals surface area (Å²) >= 11 is 0. The zero-order valence-electron chi connectivity index (χ0n) is 14.9. The second-order valence-electron chi connectivity index (χ2n) is 6.54. The van der Waals surface area contributed by atoms with Crippen LogP contribution in [0.25, 0.3) is 0 Å². The summed E-state index contributed by atoms with van der Waals surface area (Å²) in [6.45, 7) is 2.54. The molecule has 0 aromatic heterocycles. The predicted molar refractivity (Wildman–Crippen MR) is 102 cm³/mol. The van der Waals surface area contributed by atoms with Crippen LogP contribution in [0.15, 0.2) is 59.5 Å². The molecule has 1 aliphatic heterocycles. The van der Waals surface area contributed by atoms with Gasteiger partial charge in [0, 0.05) is 31.1 Å². The highest BCUT2D eigenvalue weighted by molar-refractivity contribution is 7.90. The summed E-state index contributed by atoms with van der Waals surface area (Å²) in [6.07, 6.45) is 0.305. The third kappa shape index (κ3) is 4.65. The molecule has 1 atom stereocenters. The number of benzene rings is 2. The molecule has 7 nitrogen and oxygen atoms in total. The van der Waals surface area contributed by atoms with Gasteiger partial charge in [-0.15, -0.1) is 0 Å². The van der Waals surface area contributed by atoms with Crippen LogP contribution in [0.2, 0.25) is 0 Å². The van der Waals surface area contributed by atoms with Gasteiger partial charge in [-0.05, 0) is 31.2 Å². The molecule has 2 aromatic rings. The molecule has 2 aromatic carbocycles.